The molecule has 34 heavy (non-hydrogen) atoms. The van der Waals surface area contributed by atoms with Crippen LogP contribution in [0.15, 0.2) is 66.2 Å². The normalized spacial score (nSPS) is 19.1. The minimum Gasteiger partial charge on any atom is -0.508 e. The van der Waals surface area contributed by atoms with Crippen molar-refractivity contribution < 1.29 is 24.5 Å². The lowest BCUT2D eigenvalue weighted by Gasteiger charge is -2.26. The highest BCUT2D eigenvalue weighted by Gasteiger charge is 2.47. The van der Waals surface area contributed by atoms with Crippen molar-refractivity contribution in [1.29, 1.82) is 0 Å². The Balaban J connectivity index is 1.71. The molecule has 1 amide bonds. The maximum Gasteiger partial charge on any atom is 0.300 e. The molecule has 0 spiro atoms. The van der Waals surface area contributed by atoms with Crippen LogP contribution in [0.5, 0.6) is 11.5 Å². The highest BCUT2D eigenvalue weighted by Crippen LogP contribution is 2.43. The van der Waals surface area contributed by atoms with Gasteiger partial charge in [0.15, 0.2) is 0 Å². The van der Waals surface area contributed by atoms with Gasteiger partial charge in [-0.1, -0.05) is 18.2 Å². The van der Waals surface area contributed by atoms with Crippen molar-refractivity contribution in [2.24, 2.45) is 0 Å². The number of carbonyl (C=O) groups excluding carboxylic acids is 2. The number of aromatic hydroxyl groups is 1. The van der Waals surface area contributed by atoms with Gasteiger partial charge in [0, 0.05) is 11.3 Å². The number of fused-ring (bicyclic) bond motifs is 1. The molecule has 0 radical (unpaired) electrons. The number of anilines is 1. The van der Waals surface area contributed by atoms with Crippen molar-refractivity contribution in [1.82, 2.24) is 0 Å². The summed E-state index contributed by atoms with van der Waals surface area (Å²) in [4.78, 5) is 28.1. The number of aliphatic hydroxyl groups excluding tert-OH is 1. The predicted octanol–water partition coefficient (Wildman–Crippen LogP) is 4.96. The van der Waals surface area contributed by atoms with Gasteiger partial charge in [-0.25, -0.2) is 0 Å². The van der Waals surface area contributed by atoms with Gasteiger partial charge in [-0.3, -0.25) is 14.5 Å². The zero-order valence-electron chi connectivity index (χ0n) is 19.0. The molecule has 1 unspecified atom stereocenters. The minimum absolute atomic E-state index is 0.0199. The van der Waals surface area contributed by atoms with E-state index in [1.807, 2.05) is 38.1 Å². The lowest BCUT2D eigenvalue weighted by molar-refractivity contribution is -0.132. The molecule has 2 aliphatic heterocycles. The molecular weight excluding hydrogens is 430 g/mol. The standard InChI is InChI=1S/C28H25NO5/c1-16-12-17(2)14-21(13-16)29-25(18-5-8-22(30)9-6-18)24(27(32)28(29)33)26(31)20-7-10-23-19(15-20)4-3-11-34-23/h5-10,12-15,25,30-31H,3-4,11H2,1-2H3/b26-24-. The quantitative estimate of drug-likeness (QED) is 0.331. The Hall–Kier alpha value is -4.06. The Morgan fingerprint density at radius 2 is 1.68 bits per heavy atom. The van der Waals surface area contributed by atoms with Gasteiger partial charge in [-0.15, -0.1) is 0 Å². The van der Waals surface area contributed by atoms with E-state index in [1.54, 1.807) is 24.3 Å². The maximum atomic E-state index is 13.3. The molecular formula is C28H25NO5. The number of benzene rings is 3. The first-order chi connectivity index (χ1) is 16.3. The molecule has 0 aliphatic carbocycles. The zero-order valence-corrected chi connectivity index (χ0v) is 19.0. The van der Waals surface area contributed by atoms with Crippen LogP contribution < -0.4 is 9.64 Å². The average molecular weight is 456 g/mol. The largest absolute Gasteiger partial charge is 0.508 e. The number of phenolic OH excluding ortho intramolecular Hbond substituents is 1. The Kier molecular flexibility index (Phi) is 5.36. The number of amides is 1. The number of phenols is 1. The fourth-order valence-corrected chi connectivity index (χ4v) is 4.82. The number of ketones is 1. The number of rotatable bonds is 3. The first-order valence-corrected chi connectivity index (χ1v) is 11.3. The third-order valence-corrected chi connectivity index (χ3v) is 6.32. The number of hydrogen-bond acceptors (Lipinski definition) is 5. The molecule has 6 nitrogen and oxygen atoms in total. The van der Waals surface area contributed by atoms with E-state index in [1.165, 1.54) is 17.0 Å². The van der Waals surface area contributed by atoms with Crippen LogP contribution in [0.1, 0.15) is 40.3 Å². The molecule has 1 saturated heterocycles. The van der Waals surface area contributed by atoms with E-state index < -0.39 is 17.7 Å². The number of ether oxygens (including phenoxy) is 1. The van der Waals surface area contributed by atoms with Crippen LogP contribution in [0.3, 0.4) is 0 Å². The molecule has 2 aliphatic rings. The topological polar surface area (TPSA) is 87.1 Å². The Labute approximate surface area is 197 Å². The summed E-state index contributed by atoms with van der Waals surface area (Å²) >= 11 is 0. The molecule has 6 heteroatoms. The molecule has 1 fully saturated rings. The highest BCUT2D eigenvalue weighted by atomic mass is 16.5. The molecule has 2 heterocycles. The third kappa shape index (κ3) is 3.71. The van der Waals surface area contributed by atoms with Crippen LogP contribution in [0.2, 0.25) is 0 Å². The molecule has 0 aromatic heterocycles. The van der Waals surface area contributed by atoms with E-state index in [4.69, 9.17) is 4.74 Å². The van der Waals surface area contributed by atoms with Crippen molar-refractivity contribution in [3.63, 3.8) is 0 Å². The average Bonchev–Trinajstić information content (AvgIpc) is 3.08. The van der Waals surface area contributed by atoms with E-state index in [0.717, 1.165) is 35.3 Å². The second kappa shape index (κ2) is 8.37. The third-order valence-electron chi connectivity index (χ3n) is 6.32. The number of aryl methyl sites for hydroxylation is 3. The molecule has 2 N–H and O–H groups in total. The first kappa shape index (κ1) is 21.8. The molecule has 1 atom stereocenters. The van der Waals surface area contributed by atoms with Crippen molar-refractivity contribution in [3.05, 3.63) is 94.1 Å². The van der Waals surface area contributed by atoms with Gasteiger partial charge in [-0.05, 0) is 91.4 Å². The van der Waals surface area contributed by atoms with Crippen LogP contribution in [-0.4, -0.2) is 28.5 Å². The SMILES string of the molecule is Cc1cc(C)cc(N2C(=O)C(=O)/C(=C(\O)c3ccc4c(c3)CCCO4)C2c2ccc(O)cc2)c1. The lowest BCUT2D eigenvalue weighted by Crippen LogP contribution is -2.29. The van der Waals surface area contributed by atoms with Gasteiger partial charge in [0.05, 0.1) is 18.2 Å². The summed E-state index contributed by atoms with van der Waals surface area (Å²) in [5, 5.41) is 21.2. The molecule has 0 bridgehead atoms. The van der Waals surface area contributed by atoms with E-state index in [-0.39, 0.29) is 17.1 Å². The van der Waals surface area contributed by atoms with Crippen LogP contribution in [0.25, 0.3) is 5.76 Å². The molecule has 3 aromatic carbocycles. The van der Waals surface area contributed by atoms with Crippen LogP contribution in [0, 0.1) is 13.8 Å². The van der Waals surface area contributed by atoms with Crippen LogP contribution >= 0.6 is 0 Å². The van der Waals surface area contributed by atoms with Gasteiger partial charge >= 0.3 is 0 Å². The summed E-state index contributed by atoms with van der Waals surface area (Å²) in [7, 11) is 0. The van der Waals surface area contributed by atoms with Gasteiger partial charge in [0.1, 0.15) is 17.3 Å². The highest BCUT2D eigenvalue weighted by molar-refractivity contribution is 6.51. The number of Topliss-reactive ketones (excluding diaryl/α,β-unsaturated/α-hetero) is 1. The van der Waals surface area contributed by atoms with Crippen LogP contribution in [0.4, 0.5) is 5.69 Å². The number of hydrogen-bond donors (Lipinski definition) is 2. The first-order valence-electron chi connectivity index (χ1n) is 11.3. The van der Waals surface area contributed by atoms with Crippen molar-refractivity contribution in [2.75, 3.05) is 11.5 Å². The lowest BCUT2D eigenvalue weighted by atomic mass is 9.93. The summed E-state index contributed by atoms with van der Waals surface area (Å²) in [5.41, 5.74) is 4.54. The fraction of sp³-hybridized carbons (Fsp3) is 0.214. The summed E-state index contributed by atoms with van der Waals surface area (Å²) in [6, 6.07) is 16.5. The van der Waals surface area contributed by atoms with E-state index in [9.17, 15) is 19.8 Å². The van der Waals surface area contributed by atoms with E-state index >= 15 is 0 Å². The van der Waals surface area contributed by atoms with Crippen LogP contribution in [-0.2, 0) is 16.0 Å². The monoisotopic (exact) mass is 455 g/mol. The van der Waals surface area contributed by atoms with Gasteiger partial charge in [-0.2, -0.15) is 0 Å². The molecule has 172 valence electrons. The minimum atomic E-state index is -0.839. The predicted molar refractivity (Wildman–Crippen MR) is 129 cm³/mol. The summed E-state index contributed by atoms with van der Waals surface area (Å²) in [6.45, 7) is 4.51. The molecule has 3 aromatic rings. The van der Waals surface area contributed by atoms with Crippen molar-refractivity contribution >= 4 is 23.1 Å². The summed E-state index contributed by atoms with van der Waals surface area (Å²) < 4.78 is 5.67. The molecule has 0 saturated carbocycles. The Morgan fingerprint density at radius 3 is 2.38 bits per heavy atom. The molecule has 5 rings (SSSR count). The van der Waals surface area contributed by atoms with Crippen molar-refractivity contribution in [2.45, 2.75) is 32.7 Å². The summed E-state index contributed by atoms with van der Waals surface area (Å²) in [6.07, 6.45) is 1.69. The van der Waals surface area contributed by atoms with Crippen molar-refractivity contribution in [3.8, 4) is 11.5 Å². The second-order valence-corrected chi connectivity index (χ2v) is 8.88. The van der Waals surface area contributed by atoms with E-state index in [0.29, 0.717) is 23.4 Å². The Morgan fingerprint density at radius 1 is 0.971 bits per heavy atom. The van der Waals surface area contributed by atoms with Gasteiger partial charge in [0.2, 0.25) is 0 Å². The smallest absolute Gasteiger partial charge is 0.300 e. The van der Waals surface area contributed by atoms with Gasteiger partial charge < -0.3 is 14.9 Å². The Bertz CT molecular complexity index is 1320. The number of carbonyl (C=O) groups is 2. The second-order valence-electron chi connectivity index (χ2n) is 8.88. The summed E-state index contributed by atoms with van der Waals surface area (Å²) in [5.74, 6) is -0.832. The zero-order chi connectivity index (χ0) is 24.0. The number of nitrogens with zero attached hydrogens (tertiary/aromatic N) is 1. The van der Waals surface area contributed by atoms with E-state index in [2.05, 4.69) is 0 Å². The fourth-order valence-electron chi connectivity index (χ4n) is 4.82. The maximum absolute atomic E-state index is 13.3. The van der Waals surface area contributed by atoms with Gasteiger partial charge in [0.25, 0.3) is 11.7 Å². The number of aliphatic hydroxyl groups is 1.